The van der Waals surface area contributed by atoms with Crippen molar-refractivity contribution in [1.29, 1.82) is 0 Å². The monoisotopic (exact) mass is 215 g/mol. The molecule has 0 spiro atoms. The molecule has 1 unspecified atom stereocenters. The van der Waals surface area contributed by atoms with Crippen LogP contribution in [0, 0.1) is 5.92 Å². The Bertz CT molecular complexity index is 200. The molecule has 3 heterocycles. The zero-order chi connectivity index (χ0) is 11.3. The van der Waals surface area contributed by atoms with Gasteiger partial charge in [-0.3, -0.25) is 4.79 Å². The summed E-state index contributed by atoms with van der Waals surface area (Å²) in [7, 11) is 0. The van der Waals surface area contributed by atoms with Crippen molar-refractivity contribution >= 4 is 5.97 Å². The maximum atomic E-state index is 9.60. The van der Waals surface area contributed by atoms with E-state index >= 15 is 0 Å². The summed E-state index contributed by atoms with van der Waals surface area (Å²) in [6.45, 7) is 5.22. The molecule has 88 valence electrons. The molecule has 0 aromatic heterocycles. The molecule has 3 aliphatic heterocycles. The molecule has 3 aliphatic rings. The topological polar surface area (TPSA) is 60.8 Å². The van der Waals surface area contributed by atoms with Crippen molar-refractivity contribution in [3.05, 3.63) is 0 Å². The number of nitrogens with zero attached hydrogens (tertiary/aromatic N) is 1. The highest BCUT2D eigenvalue weighted by Gasteiger charge is 2.32. The predicted molar refractivity (Wildman–Crippen MR) is 57.7 cm³/mol. The largest absolute Gasteiger partial charge is 0.481 e. The summed E-state index contributed by atoms with van der Waals surface area (Å²) in [4.78, 5) is 12.0. The standard InChI is InChI=1S/C7H13NO.C4H8O2/c9-7-5-8-3-1-6(7)2-4-8;1-2-3-4(5)6/h6-7,9H,1-5H2;2-3H2,1H3,(H,5,6). The maximum absolute atomic E-state index is 9.60. The molecule has 4 nitrogen and oxygen atoms in total. The number of aliphatic carboxylic acids is 1. The van der Waals surface area contributed by atoms with Crippen LogP contribution in [0.3, 0.4) is 0 Å². The molecule has 3 fully saturated rings. The Morgan fingerprint density at radius 2 is 2.00 bits per heavy atom. The van der Waals surface area contributed by atoms with Gasteiger partial charge in [-0.2, -0.15) is 0 Å². The van der Waals surface area contributed by atoms with Crippen LogP contribution in [0.15, 0.2) is 0 Å². The van der Waals surface area contributed by atoms with E-state index in [2.05, 4.69) is 4.90 Å². The van der Waals surface area contributed by atoms with Gasteiger partial charge in [0, 0.05) is 13.0 Å². The number of piperidine rings is 3. The highest BCUT2D eigenvalue weighted by molar-refractivity contribution is 5.66. The third-order valence-corrected chi connectivity index (χ3v) is 3.09. The van der Waals surface area contributed by atoms with E-state index in [4.69, 9.17) is 5.11 Å². The van der Waals surface area contributed by atoms with Gasteiger partial charge in [-0.25, -0.2) is 0 Å². The number of carboxylic acids is 1. The first-order valence-electron chi connectivity index (χ1n) is 5.75. The molecule has 4 heteroatoms. The van der Waals surface area contributed by atoms with Crippen LogP contribution in [0.5, 0.6) is 0 Å². The number of hydrogen-bond donors (Lipinski definition) is 2. The van der Waals surface area contributed by atoms with E-state index in [9.17, 15) is 9.90 Å². The van der Waals surface area contributed by atoms with Crippen LogP contribution in [-0.2, 0) is 4.79 Å². The molecule has 1 atom stereocenters. The SMILES string of the molecule is CCCC(=O)O.OC1CN2CCC1CC2. The van der Waals surface area contributed by atoms with E-state index in [1.54, 1.807) is 0 Å². The summed E-state index contributed by atoms with van der Waals surface area (Å²) in [5.41, 5.74) is 0. The molecule has 3 saturated heterocycles. The minimum absolute atomic E-state index is 0.00694. The number of fused-ring (bicyclic) bond motifs is 3. The second-order valence-electron chi connectivity index (χ2n) is 4.35. The minimum atomic E-state index is -0.711. The van der Waals surface area contributed by atoms with Crippen LogP contribution in [-0.4, -0.2) is 46.8 Å². The van der Waals surface area contributed by atoms with Gasteiger partial charge in [0.2, 0.25) is 0 Å². The van der Waals surface area contributed by atoms with Gasteiger partial charge in [0.15, 0.2) is 0 Å². The van der Waals surface area contributed by atoms with Crippen LogP contribution < -0.4 is 0 Å². The van der Waals surface area contributed by atoms with Crippen LogP contribution >= 0.6 is 0 Å². The van der Waals surface area contributed by atoms with Gasteiger partial charge >= 0.3 is 5.97 Å². The molecule has 0 radical (unpaired) electrons. The van der Waals surface area contributed by atoms with Gasteiger partial charge in [0.1, 0.15) is 0 Å². The molecular formula is C11H21NO3. The number of aliphatic hydroxyl groups is 1. The molecule has 15 heavy (non-hydrogen) atoms. The fourth-order valence-electron chi connectivity index (χ4n) is 2.15. The van der Waals surface area contributed by atoms with Crippen LogP contribution in [0.25, 0.3) is 0 Å². The lowest BCUT2D eigenvalue weighted by atomic mass is 9.86. The first-order chi connectivity index (χ1) is 7.13. The Kier molecular flexibility index (Phi) is 5.05. The first-order valence-corrected chi connectivity index (χ1v) is 5.75. The van der Waals surface area contributed by atoms with Gasteiger partial charge < -0.3 is 15.1 Å². The first kappa shape index (κ1) is 12.5. The lowest BCUT2D eigenvalue weighted by molar-refractivity contribution is -0.137. The van der Waals surface area contributed by atoms with E-state index in [1.165, 1.54) is 25.9 Å². The molecule has 0 amide bonds. The number of hydrogen-bond acceptors (Lipinski definition) is 3. The summed E-state index contributed by atoms with van der Waals surface area (Å²) in [6, 6.07) is 0. The van der Waals surface area contributed by atoms with E-state index < -0.39 is 5.97 Å². The molecule has 0 aromatic carbocycles. The molecule has 2 bridgehead atoms. The van der Waals surface area contributed by atoms with Crippen LogP contribution in [0.1, 0.15) is 32.6 Å². The summed E-state index contributed by atoms with van der Waals surface area (Å²) in [6.07, 6.45) is 3.46. The predicted octanol–water partition coefficient (Wildman–Crippen LogP) is 0.944. The number of aliphatic hydroxyl groups excluding tert-OH is 1. The Morgan fingerprint density at radius 1 is 1.40 bits per heavy atom. The van der Waals surface area contributed by atoms with Crippen LogP contribution in [0.2, 0.25) is 0 Å². The number of rotatable bonds is 2. The Labute approximate surface area is 90.9 Å². The Hall–Kier alpha value is -0.610. The second kappa shape index (κ2) is 6.08. The summed E-state index contributed by atoms with van der Waals surface area (Å²) in [5, 5.41) is 17.3. The van der Waals surface area contributed by atoms with Gasteiger partial charge in [-0.1, -0.05) is 6.92 Å². The molecule has 0 aliphatic carbocycles. The smallest absolute Gasteiger partial charge is 0.303 e. The third kappa shape index (κ3) is 4.18. The van der Waals surface area contributed by atoms with Crippen molar-refractivity contribution in [3.63, 3.8) is 0 Å². The Balaban J connectivity index is 0.000000167. The molecule has 0 aromatic rings. The van der Waals surface area contributed by atoms with Gasteiger partial charge in [-0.15, -0.1) is 0 Å². The van der Waals surface area contributed by atoms with Gasteiger partial charge in [0.05, 0.1) is 6.10 Å². The molecule has 2 N–H and O–H groups in total. The highest BCUT2D eigenvalue weighted by Crippen LogP contribution is 2.26. The van der Waals surface area contributed by atoms with E-state index in [0.29, 0.717) is 12.3 Å². The van der Waals surface area contributed by atoms with Crippen molar-refractivity contribution in [2.24, 2.45) is 5.92 Å². The van der Waals surface area contributed by atoms with Crippen LogP contribution in [0.4, 0.5) is 0 Å². The summed E-state index contributed by atoms with van der Waals surface area (Å²) < 4.78 is 0. The number of carboxylic acid groups (broad SMARTS) is 1. The van der Waals surface area contributed by atoms with Crippen molar-refractivity contribution in [2.75, 3.05) is 19.6 Å². The average molecular weight is 215 g/mol. The third-order valence-electron chi connectivity index (χ3n) is 3.09. The number of carbonyl (C=O) groups is 1. The summed E-state index contributed by atoms with van der Waals surface area (Å²) in [5.74, 6) is -0.0764. The Morgan fingerprint density at radius 3 is 2.13 bits per heavy atom. The minimum Gasteiger partial charge on any atom is -0.481 e. The van der Waals surface area contributed by atoms with E-state index in [0.717, 1.165) is 13.0 Å². The highest BCUT2D eigenvalue weighted by atomic mass is 16.4. The molecular weight excluding hydrogens is 194 g/mol. The van der Waals surface area contributed by atoms with E-state index in [-0.39, 0.29) is 6.10 Å². The van der Waals surface area contributed by atoms with Crippen molar-refractivity contribution < 1.29 is 15.0 Å². The quantitative estimate of drug-likeness (QED) is 0.720. The molecule has 0 saturated carbocycles. The van der Waals surface area contributed by atoms with E-state index in [1.807, 2.05) is 6.92 Å². The second-order valence-corrected chi connectivity index (χ2v) is 4.35. The molecule has 3 rings (SSSR count). The zero-order valence-corrected chi connectivity index (χ0v) is 9.35. The zero-order valence-electron chi connectivity index (χ0n) is 9.35. The lowest BCUT2D eigenvalue weighted by Gasteiger charge is -2.42. The van der Waals surface area contributed by atoms with Crippen molar-refractivity contribution in [1.82, 2.24) is 4.90 Å². The fraction of sp³-hybridized carbons (Fsp3) is 0.909. The van der Waals surface area contributed by atoms with Crippen molar-refractivity contribution in [3.8, 4) is 0 Å². The fourth-order valence-corrected chi connectivity index (χ4v) is 2.15. The summed E-state index contributed by atoms with van der Waals surface area (Å²) >= 11 is 0. The van der Waals surface area contributed by atoms with Gasteiger partial charge in [0.25, 0.3) is 0 Å². The average Bonchev–Trinajstić information content (AvgIpc) is 2.19. The normalized spacial score (nSPS) is 33.1. The van der Waals surface area contributed by atoms with Crippen molar-refractivity contribution in [2.45, 2.75) is 38.7 Å². The lowest BCUT2D eigenvalue weighted by Crippen LogP contribution is -2.50. The van der Waals surface area contributed by atoms with Gasteiger partial charge in [-0.05, 0) is 38.3 Å². The maximum Gasteiger partial charge on any atom is 0.303 e.